The fourth-order valence-corrected chi connectivity index (χ4v) is 3.93. The lowest BCUT2D eigenvalue weighted by atomic mass is 10.0. The van der Waals surface area contributed by atoms with E-state index in [-0.39, 0.29) is 17.5 Å². The first-order valence-corrected chi connectivity index (χ1v) is 10.6. The molecule has 0 aliphatic carbocycles. The molecule has 176 valence electrons. The van der Waals surface area contributed by atoms with Gasteiger partial charge in [-0.2, -0.15) is 5.10 Å². The zero-order valence-corrected chi connectivity index (χ0v) is 18.8. The van der Waals surface area contributed by atoms with Crippen LogP contribution in [0, 0.1) is 25.5 Å². The number of rotatable bonds is 6. The highest BCUT2D eigenvalue weighted by molar-refractivity contribution is 5.44. The molecule has 0 saturated heterocycles. The Bertz CT molecular complexity index is 1390. The molecule has 0 fully saturated rings. The Balaban J connectivity index is 1.73. The van der Waals surface area contributed by atoms with Gasteiger partial charge in [-0.3, -0.25) is 4.79 Å². The fourth-order valence-electron chi connectivity index (χ4n) is 3.93. The highest BCUT2D eigenvalue weighted by Gasteiger charge is 2.20. The lowest BCUT2D eigenvalue weighted by Gasteiger charge is -2.17. The maximum atomic E-state index is 13.7. The monoisotopic (exact) mass is 470 g/mol. The Morgan fingerprint density at radius 3 is 2.29 bits per heavy atom. The van der Waals surface area contributed by atoms with Crippen LogP contribution >= 0.6 is 0 Å². The van der Waals surface area contributed by atoms with Crippen molar-refractivity contribution < 1.29 is 17.6 Å². The van der Waals surface area contributed by atoms with Gasteiger partial charge in [0.2, 0.25) is 0 Å². The van der Waals surface area contributed by atoms with E-state index in [2.05, 4.69) is 10.1 Å². The Morgan fingerprint density at radius 2 is 1.71 bits per heavy atom. The molecule has 0 saturated carbocycles. The van der Waals surface area contributed by atoms with E-state index in [0.29, 0.717) is 6.07 Å². The number of halogens is 4. The molecule has 4 rings (SSSR count). The molecule has 34 heavy (non-hydrogen) atoms. The molecule has 0 aliphatic heterocycles. The van der Waals surface area contributed by atoms with Crippen LogP contribution in [0.3, 0.4) is 0 Å². The van der Waals surface area contributed by atoms with Gasteiger partial charge in [-0.15, -0.1) is 0 Å². The van der Waals surface area contributed by atoms with Crippen LogP contribution in [0.1, 0.15) is 53.0 Å². The predicted molar refractivity (Wildman–Crippen MR) is 119 cm³/mol. The first kappa shape index (κ1) is 23.4. The number of hydrogen-bond donors (Lipinski definition) is 0. The van der Waals surface area contributed by atoms with Gasteiger partial charge in [0.15, 0.2) is 0 Å². The number of benzene rings is 2. The van der Waals surface area contributed by atoms with Crippen LogP contribution in [0.2, 0.25) is 0 Å². The minimum atomic E-state index is -2.92. The summed E-state index contributed by atoms with van der Waals surface area (Å²) in [5, 5.41) is 3.78. The predicted octanol–water partition coefficient (Wildman–Crippen LogP) is 5.46. The number of nitrogens with zero attached hydrogens (tertiary/aromatic N) is 4. The average molecular weight is 470 g/mol. The van der Waals surface area contributed by atoms with Crippen LogP contribution in [-0.2, 0) is 6.42 Å². The van der Waals surface area contributed by atoms with Crippen LogP contribution in [0.5, 0.6) is 0 Å². The number of aromatic nitrogens is 4. The highest BCUT2D eigenvalue weighted by atomic mass is 19.3. The topological polar surface area (TPSA) is 52.7 Å². The van der Waals surface area contributed by atoms with E-state index in [4.69, 9.17) is 0 Å². The second kappa shape index (κ2) is 9.24. The maximum absolute atomic E-state index is 13.7. The molecule has 0 radical (unpaired) electrons. The lowest BCUT2D eigenvalue weighted by molar-refractivity contribution is 0.142. The van der Waals surface area contributed by atoms with Crippen LogP contribution in [0.4, 0.5) is 17.6 Å². The van der Waals surface area contributed by atoms with E-state index >= 15 is 0 Å². The first-order valence-electron chi connectivity index (χ1n) is 10.6. The molecular formula is C25H22F4N4O. The average Bonchev–Trinajstić information content (AvgIpc) is 3.19. The Labute approximate surface area is 193 Å². The van der Waals surface area contributed by atoms with Crippen LogP contribution in [-0.4, -0.2) is 19.3 Å². The summed E-state index contributed by atoms with van der Waals surface area (Å²) >= 11 is 0. The fraction of sp³-hybridized carbons (Fsp3) is 0.240. The summed E-state index contributed by atoms with van der Waals surface area (Å²) in [5.74, 6) is -1.66. The van der Waals surface area contributed by atoms with E-state index in [9.17, 15) is 22.4 Å². The quantitative estimate of drug-likeness (QED) is 0.352. The minimum Gasteiger partial charge on any atom is -0.306 e. The van der Waals surface area contributed by atoms with Crippen molar-refractivity contribution in [2.24, 2.45) is 0 Å². The highest BCUT2D eigenvalue weighted by Crippen LogP contribution is 2.23. The summed E-state index contributed by atoms with van der Waals surface area (Å²) in [7, 11) is 0. The van der Waals surface area contributed by atoms with Crippen molar-refractivity contribution in [3.8, 4) is 5.69 Å². The third-order valence-electron chi connectivity index (χ3n) is 5.63. The summed E-state index contributed by atoms with van der Waals surface area (Å²) in [6, 6.07) is 8.50. The molecule has 4 aromatic rings. The third kappa shape index (κ3) is 4.78. The molecule has 9 heteroatoms. The number of aryl methyl sites for hydroxylation is 2. The zero-order chi connectivity index (χ0) is 24.6. The van der Waals surface area contributed by atoms with Gasteiger partial charge in [0.25, 0.3) is 12.0 Å². The van der Waals surface area contributed by atoms with E-state index < -0.39 is 35.4 Å². The maximum Gasteiger partial charge on any atom is 0.282 e. The molecule has 2 aromatic heterocycles. The first-order chi connectivity index (χ1) is 16.1. The molecular weight excluding hydrogens is 448 g/mol. The third-order valence-corrected chi connectivity index (χ3v) is 5.63. The van der Waals surface area contributed by atoms with Crippen molar-refractivity contribution >= 4 is 0 Å². The Morgan fingerprint density at radius 1 is 1.00 bits per heavy atom. The Hall–Kier alpha value is -3.75. The summed E-state index contributed by atoms with van der Waals surface area (Å²) in [4.78, 5) is 17.4. The molecule has 1 atom stereocenters. The van der Waals surface area contributed by atoms with E-state index in [1.807, 2.05) is 42.8 Å². The van der Waals surface area contributed by atoms with Gasteiger partial charge in [0.1, 0.15) is 17.3 Å². The van der Waals surface area contributed by atoms with Gasteiger partial charge in [0, 0.05) is 29.9 Å². The molecule has 0 N–H and O–H groups in total. The van der Waals surface area contributed by atoms with Gasteiger partial charge < -0.3 is 4.57 Å². The normalized spacial score (nSPS) is 12.4. The second-order valence-corrected chi connectivity index (χ2v) is 8.24. The molecule has 0 unspecified atom stereocenters. The molecule has 0 aliphatic rings. The van der Waals surface area contributed by atoms with Crippen molar-refractivity contribution in [2.45, 2.75) is 39.7 Å². The number of hydrogen-bond acceptors (Lipinski definition) is 3. The minimum absolute atomic E-state index is 0.0926. The number of imidazole rings is 1. The zero-order valence-electron chi connectivity index (χ0n) is 18.8. The largest absolute Gasteiger partial charge is 0.306 e. The molecule has 5 nitrogen and oxygen atoms in total. The van der Waals surface area contributed by atoms with Crippen LogP contribution in [0.15, 0.2) is 59.8 Å². The van der Waals surface area contributed by atoms with Gasteiger partial charge in [0.05, 0.1) is 18.1 Å². The van der Waals surface area contributed by atoms with Gasteiger partial charge >= 0.3 is 0 Å². The summed E-state index contributed by atoms with van der Waals surface area (Å²) < 4.78 is 57.3. The van der Waals surface area contributed by atoms with Gasteiger partial charge in [-0.25, -0.2) is 27.2 Å². The van der Waals surface area contributed by atoms with Crippen molar-refractivity contribution in [2.75, 3.05) is 0 Å². The Kier molecular flexibility index (Phi) is 6.37. The standard InChI is InChI=1S/C25H22F4N4O/c1-14-6-17(4-5-23(14)32-12-15(2)30-13-32)7-19-10-22(24(28)29)31-33(25(19)34)16(3)18-8-20(26)11-21(27)9-18/h4-6,8-13,16,24H,7H2,1-3H3/t16-/m0/s1. The van der Waals surface area contributed by atoms with E-state index in [0.717, 1.165) is 45.4 Å². The van der Waals surface area contributed by atoms with Crippen molar-refractivity contribution in [3.05, 3.63) is 111 Å². The SMILES string of the molecule is Cc1cn(-c2ccc(Cc3cc(C(F)F)nn([C@@H](C)c4cc(F)cc(F)c4)c3=O)cc2C)cn1. The van der Waals surface area contributed by atoms with E-state index in [1.54, 1.807) is 6.33 Å². The smallest absolute Gasteiger partial charge is 0.282 e. The van der Waals surface area contributed by atoms with Crippen molar-refractivity contribution in [1.29, 1.82) is 0 Å². The molecule has 2 aromatic carbocycles. The molecule has 0 bridgehead atoms. The van der Waals surface area contributed by atoms with Gasteiger partial charge in [-0.05, 0) is 61.7 Å². The van der Waals surface area contributed by atoms with E-state index in [1.165, 1.54) is 6.92 Å². The van der Waals surface area contributed by atoms with Crippen molar-refractivity contribution in [1.82, 2.24) is 19.3 Å². The number of alkyl halides is 2. The second-order valence-electron chi connectivity index (χ2n) is 8.24. The summed E-state index contributed by atoms with van der Waals surface area (Å²) in [5.41, 5.74) is 2.48. The molecule has 2 heterocycles. The summed E-state index contributed by atoms with van der Waals surface area (Å²) in [6.45, 7) is 5.27. The molecule has 0 spiro atoms. The van der Waals surface area contributed by atoms with Crippen LogP contribution < -0.4 is 5.56 Å². The van der Waals surface area contributed by atoms with Crippen molar-refractivity contribution in [3.63, 3.8) is 0 Å². The lowest BCUT2D eigenvalue weighted by Crippen LogP contribution is -2.30. The van der Waals surface area contributed by atoms with Crippen LogP contribution in [0.25, 0.3) is 5.69 Å². The van der Waals surface area contributed by atoms with Gasteiger partial charge in [-0.1, -0.05) is 12.1 Å². The molecule has 0 amide bonds. The summed E-state index contributed by atoms with van der Waals surface area (Å²) in [6.07, 6.45) is 0.755.